The maximum atomic E-state index is 9.48. The molecule has 1 heterocycles. The molecule has 2 heteroatoms. The van der Waals surface area contributed by atoms with Gasteiger partial charge in [-0.05, 0) is 50.4 Å². The van der Waals surface area contributed by atoms with Crippen molar-refractivity contribution in [2.24, 2.45) is 11.3 Å². The Balaban J connectivity index is 1.56. The minimum atomic E-state index is -0.0373. The highest BCUT2D eigenvalue weighted by molar-refractivity contribution is 5.13. The fraction of sp³-hybridized carbons (Fsp3) is 1.00. The second kappa shape index (κ2) is 2.19. The molecule has 1 saturated heterocycles. The van der Waals surface area contributed by atoms with Gasteiger partial charge < -0.3 is 9.84 Å². The van der Waals surface area contributed by atoms with Gasteiger partial charge >= 0.3 is 0 Å². The second-order valence-corrected chi connectivity index (χ2v) is 6.19. The highest BCUT2D eigenvalue weighted by Gasteiger charge is 2.62. The Bertz CT molecular complexity index is 258. The van der Waals surface area contributed by atoms with Crippen LogP contribution in [0.4, 0.5) is 0 Å². The molecule has 14 heavy (non-hydrogen) atoms. The molecule has 4 rings (SSSR count). The molecule has 0 bridgehead atoms. The van der Waals surface area contributed by atoms with Gasteiger partial charge in [-0.15, -0.1) is 0 Å². The Morgan fingerprint density at radius 2 is 1.86 bits per heavy atom. The molecule has 2 spiro atoms. The number of aliphatic hydroxyl groups excluding tert-OH is 1. The molecule has 1 aliphatic heterocycles. The quantitative estimate of drug-likeness (QED) is 0.690. The van der Waals surface area contributed by atoms with Gasteiger partial charge in [0.25, 0.3) is 0 Å². The minimum Gasteiger partial charge on any atom is -0.393 e. The van der Waals surface area contributed by atoms with Gasteiger partial charge in [0.15, 0.2) is 0 Å². The third-order valence-corrected chi connectivity index (χ3v) is 4.78. The van der Waals surface area contributed by atoms with Gasteiger partial charge in [0, 0.05) is 5.92 Å². The summed E-state index contributed by atoms with van der Waals surface area (Å²) in [5.41, 5.74) is 0.962. The Labute approximate surface area is 84.6 Å². The summed E-state index contributed by atoms with van der Waals surface area (Å²) in [4.78, 5) is 0. The van der Waals surface area contributed by atoms with Gasteiger partial charge in [0.2, 0.25) is 0 Å². The van der Waals surface area contributed by atoms with Crippen molar-refractivity contribution in [1.82, 2.24) is 0 Å². The largest absolute Gasteiger partial charge is 0.393 e. The average molecular weight is 194 g/mol. The third-order valence-electron chi connectivity index (χ3n) is 4.78. The molecule has 2 nitrogen and oxygen atoms in total. The lowest BCUT2D eigenvalue weighted by molar-refractivity contribution is -0.108. The maximum absolute atomic E-state index is 9.48. The van der Waals surface area contributed by atoms with Crippen molar-refractivity contribution >= 4 is 0 Å². The molecule has 0 aromatic rings. The van der Waals surface area contributed by atoms with Crippen LogP contribution in [-0.2, 0) is 4.74 Å². The Morgan fingerprint density at radius 1 is 1.14 bits per heavy atom. The Hall–Kier alpha value is -0.0800. The van der Waals surface area contributed by atoms with Crippen LogP contribution in [0, 0.1) is 11.3 Å². The van der Waals surface area contributed by atoms with Gasteiger partial charge in [0.1, 0.15) is 0 Å². The monoisotopic (exact) mass is 194 g/mol. The standard InChI is InChI=1S/C12H18O2/c13-9-5-8(9)10-6-11(1-2-11)7-12(14-10)3-4-12/h8-10,13H,1-7H2/t8?,9?,10-/m0/s1. The normalized spacial score (nSPS) is 50.8. The molecule has 3 atom stereocenters. The number of aliphatic hydroxyl groups is 1. The van der Waals surface area contributed by atoms with E-state index in [4.69, 9.17) is 4.74 Å². The molecule has 78 valence electrons. The van der Waals surface area contributed by atoms with Gasteiger partial charge in [-0.25, -0.2) is 0 Å². The highest BCUT2D eigenvalue weighted by Crippen LogP contribution is 2.66. The van der Waals surface area contributed by atoms with E-state index < -0.39 is 0 Å². The van der Waals surface area contributed by atoms with Crippen molar-refractivity contribution in [2.45, 2.75) is 62.8 Å². The smallest absolute Gasteiger partial charge is 0.0694 e. The Kier molecular flexibility index (Phi) is 1.27. The van der Waals surface area contributed by atoms with Gasteiger partial charge in [-0.2, -0.15) is 0 Å². The molecule has 1 N–H and O–H groups in total. The highest BCUT2D eigenvalue weighted by atomic mass is 16.5. The SMILES string of the molecule is OC1CC1[C@@H]1CC2(CC2)CC2(CC2)O1. The lowest BCUT2D eigenvalue weighted by atomic mass is 9.85. The summed E-state index contributed by atoms with van der Waals surface area (Å²) >= 11 is 0. The number of hydrogen-bond acceptors (Lipinski definition) is 2. The first-order valence-corrected chi connectivity index (χ1v) is 6.06. The minimum absolute atomic E-state index is 0.0373. The zero-order valence-electron chi connectivity index (χ0n) is 8.54. The fourth-order valence-corrected chi connectivity index (χ4v) is 3.42. The molecule has 4 aliphatic rings. The molecule has 4 fully saturated rings. The van der Waals surface area contributed by atoms with Crippen molar-refractivity contribution in [3.8, 4) is 0 Å². The Morgan fingerprint density at radius 3 is 2.36 bits per heavy atom. The lowest BCUT2D eigenvalue weighted by Crippen LogP contribution is -2.37. The molecule has 3 aliphatic carbocycles. The molecule has 0 amide bonds. The predicted molar refractivity (Wildman–Crippen MR) is 51.9 cm³/mol. The molecule has 0 radical (unpaired) electrons. The number of ether oxygens (including phenoxy) is 1. The van der Waals surface area contributed by atoms with E-state index >= 15 is 0 Å². The van der Waals surface area contributed by atoms with Crippen molar-refractivity contribution in [3.05, 3.63) is 0 Å². The van der Waals surface area contributed by atoms with Crippen LogP contribution in [0.5, 0.6) is 0 Å². The van der Waals surface area contributed by atoms with Crippen LogP contribution in [0.25, 0.3) is 0 Å². The van der Waals surface area contributed by atoms with E-state index in [2.05, 4.69) is 0 Å². The predicted octanol–water partition coefficient (Wildman–Crippen LogP) is 1.86. The molecule has 3 saturated carbocycles. The number of hydrogen-bond donors (Lipinski definition) is 1. The summed E-state index contributed by atoms with van der Waals surface area (Å²) in [5.74, 6) is 0.491. The van der Waals surface area contributed by atoms with E-state index in [1.807, 2.05) is 0 Å². The summed E-state index contributed by atoms with van der Waals surface area (Å²) < 4.78 is 6.19. The molecule has 2 unspecified atom stereocenters. The summed E-state index contributed by atoms with van der Waals surface area (Å²) in [5, 5.41) is 9.48. The summed E-state index contributed by atoms with van der Waals surface area (Å²) in [7, 11) is 0. The van der Waals surface area contributed by atoms with Crippen LogP contribution < -0.4 is 0 Å². The van der Waals surface area contributed by atoms with Crippen molar-refractivity contribution in [2.75, 3.05) is 0 Å². The fourth-order valence-electron chi connectivity index (χ4n) is 3.42. The zero-order valence-corrected chi connectivity index (χ0v) is 8.54. The molecular formula is C12H18O2. The first kappa shape index (κ1) is 8.12. The first-order valence-electron chi connectivity index (χ1n) is 6.06. The molecule has 0 aromatic heterocycles. The van der Waals surface area contributed by atoms with Gasteiger partial charge in [-0.1, -0.05) is 0 Å². The summed E-state index contributed by atoms with van der Waals surface area (Å²) in [6.07, 6.45) is 9.37. The van der Waals surface area contributed by atoms with Crippen LogP contribution >= 0.6 is 0 Å². The second-order valence-electron chi connectivity index (χ2n) is 6.19. The van der Waals surface area contributed by atoms with E-state index in [1.54, 1.807) is 0 Å². The topological polar surface area (TPSA) is 29.5 Å². The van der Waals surface area contributed by atoms with Crippen molar-refractivity contribution in [1.29, 1.82) is 0 Å². The first-order chi connectivity index (χ1) is 6.71. The van der Waals surface area contributed by atoms with Crippen LogP contribution in [0.2, 0.25) is 0 Å². The third kappa shape index (κ3) is 1.10. The number of rotatable bonds is 1. The van der Waals surface area contributed by atoms with E-state index in [0.29, 0.717) is 23.0 Å². The van der Waals surface area contributed by atoms with E-state index in [0.717, 1.165) is 6.42 Å². The van der Waals surface area contributed by atoms with Crippen LogP contribution in [0.15, 0.2) is 0 Å². The van der Waals surface area contributed by atoms with E-state index in [-0.39, 0.29) is 6.10 Å². The maximum Gasteiger partial charge on any atom is 0.0694 e. The lowest BCUT2D eigenvalue weighted by Gasteiger charge is -2.36. The van der Waals surface area contributed by atoms with Gasteiger partial charge in [0.05, 0.1) is 17.8 Å². The zero-order chi connectivity index (χ0) is 9.39. The van der Waals surface area contributed by atoms with Crippen molar-refractivity contribution < 1.29 is 9.84 Å². The van der Waals surface area contributed by atoms with Crippen LogP contribution in [0.3, 0.4) is 0 Å². The van der Waals surface area contributed by atoms with E-state index in [1.165, 1.54) is 38.5 Å². The summed E-state index contributed by atoms with van der Waals surface area (Å²) in [6.45, 7) is 0. The van der Waals surface area contributed by atoms with Gasteiger partial charge in [-0.3, -0.25) is 0 Å². The summed E-state index contributed by atoms with van der Waals surface area (Å²) in [6, 6.07) is 0. The van der Waals surface area contributed by atoms with Crippen LogP contribution in [0.1, 0.15) is 44.9 Å². The average Bonchev–Trinajstić information content (AvgIpc) is 2.99. The molecule has 0 aromatic carbocycles. The van der Waals surface area contributed by atoms with Crippen LogP contribution in [-0.4, -0.2) is 22.9 Å². The van der Waals surface area contributed by atoms with E-state index in [9.17, 15) is 5.11 Å². The molecular weight excluding hydrogens is 176 g/mol. The van der Waals surface area contributed by atoms with Crippen molar-refractivity contribution in [3.63, 3.8) is 0 Å².